The summed E-state index contributed by atoms with van der Waals surface area (Å²) < 4.78 is 9.81. The highest BCUT2D eigenvalue weighted by molar-refractivity contribution is 5.99. The van der Waals surface area contributed by atoms with E-state index in [1.165, 1.54) is 20.4 Å². The third-order valence-corrected chi connectivity index (χ3v) is 4.72. The zero-order valence-electron chi connectivity index (χ0n) is 18.6. The topological polar surface area (TPSA) is 93.7 Å². The van der Waals surface area contributed by atoms with Gasteiger partial charge in [-0.15, -0.1) is 0 Å². The van der Waals surface area contributed by atoms with Gasteiger partial charge in [0.1, 0.15) is 5.56 Å². The zero-order valence-corrected chi connectivity index (χ0v) is 18.6. The van der Waals surface area contributed by atoms with Gasteiger partial charge in [0, 0.05) is 25.0 Å². The van der Waals surface area contributed by atoms with Gasteiger partial charge in [-0.3, -0.25) is 9.59 Å². The second-order valence-electron chi connectivity index (χ2n) is 7.03. The molecule has 0 saturated carbocycles. The fourth-order valence-corrected chi connectivity index (χ4v) is 3.03. The van der Waals surface area contributed by atoms with Crippen LogP contribution in [0.2, 0.25) is 0 Å². The van der Waals surface area contributed by atoms with E-state index in [4.69, 9.17) is 4.74 Å². The lowest BCUT2D eigenvalue weighted by Gasteiger charge is -2.23. The number of amides is 1. The van der Waals surface area contributed by atoms with Crippen LogP contribution >= 0.6 is 0 Å². The molecule has 8 nitrogen and oxygen atoms in total. The predicted molar refractivity (Wildman–Crippen MR) is 125 cm³/mol. The molecule has 1 heterocycles. The van der Waals surface area contributed by atoms with Crippen molar-refractivity contribution in [1.82, 2.24) is 14.9 Å². The summed E-state index contributed by atoms with van der Waals surface area (Å²) in [5.41, 5.74) is 2.05. The van der Waals surface area contributed by atoms with Crippen molar-refractivity contribution in [3.8, 4) is 6.01 Å². The third kappa shape index (κ3) is 6.90. The van der Waals surface area contributed by atoms with E-state index in [1.54, 1.807) is 17.1 Å². The van der Waals surface area contributed by atoms with E-state index in [2.05, 4.69) is 20.0 Å². The second kappa shape index (κ2) is 12.0. The van der Waals surface area contributed by atoms with Crippen molar-refractivity contribution in [3.05, 3.63) is 90.1 Å². The van der Waals surface area contributed by atoms with E-state index in [-0.39, 0.29) is 24.3 Å². The first kappa shape index (κ1) is 23.5. The molecular formula is C25H26N4O4. The number of anilines is 2. The van der Waals surface area contributed by atoms with Crippen LogP contribution in [-0.4, -0.2) is 47.5 Å². The van der Waals surface area contributed by atoms with Crippen LogP contribution in [0.25, 0.3) is 0 Å². The molecule has 3 aromatic rings. The van der Waals surface area contributed by atoms with Gasteiger partial charge in [0.2, 0.25) is 0 Å². The lowest BCUT2D eigenvalue weighted by Crippen LogP contribution is -2.31. The van der Waals surface area contributed by atoms with Crippen LogP contribution in [0.1, 0.15) is 22.3 Å². The Bertz CT molecular complexity index is 1090. The van der Waals surface area contributed by atoms with Crippen molar-refractivity contribution in [2.45, 2.75) is 13.0 Å². The molecular weight excluding hydrogens is 420 g/mol. The summed E-state index contributed by atoms with van der Waals surface area (Å²) in [5.74, 6) is -0.262. The molecule has 1 amide bonds. The van der Waals surface area contributed by atoms with Gasteiger partial charge < -0.3 is 19.7 Å². The minimum Gasteiger partial charge on any atom is -0.469 e. The summed E-state index contributed by atoms with van der Waals surface area (Å²) in [6, 6.07) is 19.2. The molecule has 0 unspecified atom stereocenters. The Hall–Kier alpha value is -4.20. The minimum absolute atomic E-state index is 0.135. The van der Waals surface area contributed by atoms with Crippen LogP contribution in [0.15, 0.2) is 79.0 Å². The summed E-state index contributed by atoms with van der Waals surface area (Å²) in [7, 11) is 2.81. The maximum atomic E-state index is 13.6. The van der Waals surface area contributed by atoms with Crippen LogP contribution in [0.5, 0.6) is 6.01 Å². The number of para-hydroxylation sites is 1. The highest BCUT2D eigenvalue weighted by Gasteiger charge is 2.21. The maximum absolute atomic E-state index is 13.6. The fraction of sp³-hybridized carbons (Fsp3) is 0.200. The first-order valence-electron chi connectivity index (χ1n) is 10.4. The summed E-state index contributed by atoms with van der Waals surface area (Å²) in [4.78, 5) is 35.1. The molecule has 0 bridgehead atoms. The van der Waals surface area contributed by atoms with Crippen LogP contribution in [0, 0.1) is 0 Å². The summed E-state index contributed by atoms with van der Waals surface area (Å²) >= 11 is 0. The Balaban J connectivity index is 1.89. The van der Waals surface area contributed by atoms with Gasteiger partial charge in [0.25, 0.3) is 5.91 Å². The Labute approximate surface area is 192 Å². The quantitative estimate of drug-likeness (QED) is 0.372. The van der Waals surface area contributed by atoms with Gasteiger partial charge in [-0.2, -0.15) is 4.98 Å². The molecule has 0 radical (unpaired) electrons. The van der Waals surface area contributed by atoms with Crippen LogP contribution < -0.4 is 10.1 Å². The number of nitrogens with zero attached hydrogens (tertiary/aromatic N) is 3. The highest BCUT2D eigenvalue weighted by atomic mass is 16.5. The number of esters is 1. The van der Waals surface area contributed by atoms with Gasteiger partial charge in [0.15, 0.2) is 5.82 Å². The summed E-state index contributed by atoms with van der Waals surface area (Å²) in [6.07, 6.45) is 5.04. The van der Waals surface area contributed by atoms with E-state index in [9.17, 15) is 9.59 Å². The number of nitrogens with one attached hydrogen (secondary N) is 1. The number of aromatic nitrogens is 2. The summed E-state index contributed by atoms with van der Waals surface area (Å²) in [5, 5.41) is 3.18. The molecule has 3 rings (SSSR count). The van der Waals surface area contributed by atoms with E-state index < -0.39 is 0 Å². The molecule has 0 atom stereocenters. The van der Waals surface area contributed by atoms with Gasteiger partial charge in [-0.05, 0) is 17.7 Å². The molecule has 0 aliphatic rings. The Kier molecular flexibility index (Phi) is 8.53. The average molecular weight is 447 g/mol. The van der Waals surface area contributed by atoms with Crippen molar-refractivity contribution in [1.29, 1.82) is 0 Å². The van der Waals surface area contributed by atoms with Crippen molar-refractivity contribution < 1.29 is 19.1 Å². The normalized spacial score (nSPS) is 10.6. The molecule has 1 N–H and O–H groups in total. The number of carbonyl (C=O) groups excluding carboxylic acids is 2. The SMILES string of the molecule is COC(=O)C/C=C/CN(Cc1ccccc1)C(=O)c1cnc(OC)nc1Nc1ccccc1. The largest absolute Gasteiger partial charge is 0.469 e. The van der Waals surface area contributed by atoms with Gasteiger partial charge in [-0.1, -0.05) is 60.7 Å². The zero-order chi connectivity index (χ0) is 23.5. The first-order valence-corrected chi connectivity index (χ1v) is 10.4. The average Bonchev–Trinajstić information content (AvgIpc) is 2.86. The second-order valence-corrected chi connectivity index (χ2v) is 7.03. The predicted octanol–water partition coefficient (Wildman–Crippen LogP) is 3.99. The van der Waals surface area contributed by atoms with E-state index in [1.807, 2.05) is 60.7 Å². The molecule has 0 spiro atoms. The molecule has 0 saturated heterocycles. The van der Waals surface area contributed by atoms with E-state index >= 15 is 0 Å². The van der Waals surface area contributed by atoms with Crippen LogP contribution in [-0.2, 0) is 16.1 Å². The smallest absolute Gasteiger partial charge is 0.318 e. The minimum atomic E-state index is -0.343. The van der Waals surface area contributed by atoms with E-state index in [0.717, 1.165) is 11.3 Å². The molecule has 1 aromatic heterocycles. The monoisotopic (exact) mass is 446 g/mol. The van der Waals surface area contributed by atoms with Gasteiger partial charge in [-0.25, -0.2) is 4.98 Å². The van der Waals surface area contributed by atoms with Crippen molar-refractivity contribution in [2.24, 2.45) is 0 Å². The highest BCUT2D eigenvalue weighted by Crippen LogP contribution is 2.22. The maximum Gasteiger partial charge on any atom is 0.318 e. The number of benzene rings is 2. The van der Waals surface area contributed by atoms with Gasteiger partial charge in [0.05, 0.1) is 20.6 Å². The Morgan fingerprint density at radius 1 is 1.00 bits per heavy atom. The lowest BCUT2D eigenvalue weighted by molar-refractivity contribution is -0.139. The molecule has 170 valence electrons. The standard InChI is InChI=1S/C25H26N4O4/c1-32-22(30)15-9-10-16-29(18-19-11-5-3-6-12-19)24(31)21-17-26-25(33-2)28-23(21)27-20-13-7-4-8-14-20/h3-14,17H,15-16,18H2,1-2H3,(H,26,27,28)/b10-9+. The third-order valence-electron chi connectivity index (χ3n) is 4.72. The number of methoxy groups -OCH3 is 2. The van der Waals surface area contributed by atoms with Gasteiger partial charge >= 0.3 is 12.0 Å². The molecule has 0 aliphatic carbocycles. The van der Waals surface area contributed by atoms with Crippen LogP contribution in [0.4, 0.5) is 11.5 Å². The molecule has 8 heteroatoms. The van der Waals surface area contributed by atoms with Crippen molar-refractivity contribution >= 4 is 23.4 Å². The fourth-order valence-electron chi connectivity index (χ4n) is 3.03. The first-order chi connectivity index (χ1) is 16.1. The molecule has 2 aromatic carbocycles. The van der Waals surface area contributed by atoms with Crippen molar-refractivity contribution in [2.75, 3.05) is 26.1 Å². The van der Waals surface area contributed by atoms with Crippen molar-refractivity contribution in [3.63, 3.8) is 0 Å². The Morgan fingerprint density at radius 2 is 1.70 bits per heavy atom. The molecule has 33 heavy (non-hydrogen) atoms. The molecule has 0 aliphatic heterocycles. The number of rotatable bonds is 10. The lowest BCUT2D eigenvalue weighted by atomic mass is 10.2. The molecule has 0 fully saturated rings. The number of carbonyl (C=O) groups is 2. The Morgan fingerprint density at radius 3 is 2.36 bits per heavy atom. The number of hydrogen-bond donors (Lipinski definition) is 1. The summed E-state index contributed by atoms with van der Waals surface area (Å²) in [6.45, 7) is 0.667. The number of ether oxygens (including phenoxy) is 2. The van der Waals surface area contributed by atoms with E-state index in [0.29, 0.717) is 24.5 Å². The van der Waals surface area contributed by atoms with Crippen LogP contribution in [0.3, 0.4) is 0 Å². The number of hydrogen-bond acceptors (Lipinski definition) is 7.